The molecule has 0 bridgehead atoms. The maximum atomic E-state index is 12.2. The minimum Gasteiger partial charge on any atom is -0.497 e. The lowest BCUT2D eigenvalue weighted by atomic mass is 10.1. The Morgan fingerprint density at radius 2 is 1.96 bits per heavy atom. The Labute approximate surface area is 155 Å². The number of nitrogens with one attached hydrogen (secondary N) is 1. The number of anilines is 1. The predicted molar refractivity (Wildman–Crippen MR) is 100 cm³/mol. The molecule has 0 aliphatic carbocycles. The first-order valence-electron chi connectivity index (χ1n) is 8.11. The van der Waals surface area contributed by atoms with Crippen molar-refractivity contribution >= 4 is 11.6 Å². The SMILES string of the molecule is COc1cccc(-c2ccc(=O)n(CC(=O)Nc3ccc(C#N)cc3)n2)c1. The van der Waals surface area contributed by atoms with Gasteiger partial charge in [0.15, 0.2) is 0 Å². The number of rotatable bonds is 5. The van der Waals surface area contributed by atoms with Crippen molar-refractivity contribution in [3.63, 3.8) is 0 Å². The van der Waals surface area contributed by atoms with Crippen molar-refractivity contribution in [2.45, 2.75) is 6.54 Å². The minimum absolute atomic E-state index is 0.226. The zero-order valence-electron chi connectivity index (χ0n) is 14.5. The summed E-state index contributed by atoms with van der Waals surface area (Å²) in [6.07, 6.45) is 0. The number of hydrogen-bond donors (Lipinski definition) is 1. The quantitative estimate of drug-likeness (QED) is 0.754. The molecule has 1 N–H and O–H groups in total. The van der Waals surface area contributed by atoms with E-state index in [0.717, 1.165) is 10.2 Å². The second-order valence-corrected chi connectivity index (χ2v) is 5.68. The molecule has 2 aromatic carbocycles. The van der Waals surface area contributed by atoms with E-state index in [9.17, 15) is 9.59 Å². The van der Waals surface area contributed by atoms with Gasteiger partial charge in [-0.2, -0.15) is 10.4 Å². The minimum atomic E-state index is -0.392. The van der Waals surface area contributed by atoms with E-state index in [0.29, 0.717) is 22.7 Å². The molecule has 134 valence electrons. The van der Waals surface area contributed by atoms with E-state index < -0.39 is 5.91 Å². The van der Waals surface area contributed by atoms with Crippen LogP contribution < -0.4 is 15.6 Å². The third-order valence-corrected chi connectivity index (χ3v) is 3.82. The summed E-state index contributed by atoms with van der Waals surface area (Å²) in [5, 5.41) is 15.7. The Bertz CT molecular complexity index is 1070. The molecule has 7 heteroatoms. The molecular weight excluding hydrogens is 344 g/mol. The fourth-order valence-electron chi connectivity index (χ4n) is 2.46. The van der Waals surface area contributed by atoms with Gasteiger partial charge in [0, 0.05) is 17.3 Å². The first kappa shape index (κ1) is 17.9. The summed E-state index contributed by atoms with van der Waals surface area (Å²) in [5.74, 6) is 0.280. The Hall–Kier alpha value is -3.92. The standard InChI is InChI=1S/C20H16N4O3/c1-27-17-4-2-3-15(11-17)18-9-10-20(26)24(23-18)13-19(25)22-16-7-5-14(12-21)6-8-16/h2-11H,13H2,1H3,(H,22,25). The smallest absolute Gasteiger partial charge is 0.267 e. The number of benzene rings is 2. The number of carbonyl (C=O) groups is 1. The molecule has 27 heavy (non-hydrogen) atoms. The summed E-state index contributed by atoms with van der Waals surface area (Å²) in [6.45, 7) is -0.226. The maximum absolute atomic E-state index is 12.2. The molecule has 0 atom stereocenters. The average molecular weight is 360 g/mol. The maximum Gasteiger partial charge on any atom is 0.267 e. The van der Waals surface area contributed by atoms with Crippen LogP contribution in [0, 0.1) is 11.3 Å². The summed E-state index contributed by atoms with van der Waals surface area (Å²) < 4.78 is 6.30. The monoisotopic (exact) mass is 360 g/mol. The van der Waals surface area contributed by atoms with Gasteiger partial charge in [0.1, 0.15) is 12.3 Å². The molecule has 0 fully saturated rings. The van der Waals surface area contributed by atoms with E-state index in [1.165, 1.54) is 6.07 Å². The first-order chi connectivity index (χ1) is 13.1. The summed E-state index contributed by atoms with van der Waals surface area (Å²) in [7, 11) is 1.57. The van der Waals surface area contributed by atoms with Gasteiger partial charge in [-0.25, -0.2) is 4.68 Å². The van der Waals surface area contributed by atoms with Crippen LogP contribution in [0.1, 0.15) is 5.56 Å². The van der Waals surface area contributed by atoms with Gasteiger partial charge in [-0.1, -0.05) is 12.1 Å². The topological polar surface area (TPSA) is 97.0 Å². The molecule has 0 aliphatic heterocycles. The van der Waals surface area contributed by atoms with Gasteiger partial charge < -0.3 is 10.1 Å². The highest BCUT2D eigenvalue weighted by molar-refractivity contribution is 5.90. The van der Waals surface area contributed by atoms with E-state index >= 15 is 0 Å². The van der Waals surface area contributed by atoms with Crippen LogP contribution in [-0.2, 0) is 11.3 Å². The second-order valence-electron chi connectivity index (χ2n) is 5.68. The number of nitrogens with zero attached hydrogens (tertiary/aromatic N) is 3. The van der Waals surface area contributed by atoms with Crippen molar-refractivity contribution < 1.29 is 9.53 Å². The zero-order valence-corrected chi connectivity index (χ0v) is 14.5. The fourth-order valence-corrected chi connectivity index (χ4v) is 2.46. The number of nitriles is 1. The number of carbonyl (C=O) groups excluding carboxylic acids is 1. The van der Waals surface area contributed by atoms with Crippen molar-refractivity contribution in [2.24, 2.45) is 0 Å². The Kier molecular flexibility index (Phi) is 5.28. The predicted octanol–water partition coefficient (Wildman–Crippen LogP) is 2.43. The average Bonchev–Trinajstić information content (AvgIpc) is 2.70. The van der Waals surface area contributed by atoms with Gasteiger partial charge in [-0.05, 0) is 42.5 Å². The van der Waals surface area contributed by atoms with Crippen LogP contribution in [0.4, 0.5) is 5.69 Å². The molecule has 0 unspecified atom stereocenters. The number of aromatic nitrogens is 2. The molecule has 1 amide bonds. The van der Waals surface area contributed by atoms with Crippen LogP contribution in [0.2, 0.25) is 0 Å². The molecule has 0 saturated carbocycles. The number of ether oxygens (including phenoxy) is 1. The molecule has 1 heterocycles. The first-order valence-corrected chi connectivity index (χ1v) is 8.11. The van der Waals surface area contributed by atoms with Crippen molar-refractivity contribution in [3.05, 3.63) is 76.6 Å². The molecular formula is C20H16N4O3. The highest BCUT2D eigenvalue weighted by atomic mass is 16.5. The van der Waals surface area contributed by atoms with E-state index in [2.05, 4.69) is 10.4 Å². The lowest BCUT2D eigenvalue weighted by molar-refractivity contribution is -0.117. The van der Waals surface area contributed by atoms with Gasteiger partial charge in [-0.15, -0.1) is 0 Å². The van der Waals surface area contributed by atoms with Crippen molar-refractivity contribution in [1.29, 1.82) is 5.26 Å². The fraction of sp³-hybridized carbons (Fsp3) is 0.100. The van der Waals surface area contributed by atoms with Crippen LogP contribution in [0.15, 0.2) is 65.5 Å². The van der Waals surface area contributed by atoms with E-state index in [1.54, 1.807) is 43.5 Å². The third kappa shape index (κ3) is 4.38. The molecule has 0 spiro atoms. The molecule has 0 saturated heterocycles. The molecule has 3 rings (SSSR count). The Morgan fingerprint density at radius 1 is 1.19 bits per heavy atom. The number of methoxy groups -OCH3 is 1. The summed E-state index contributed by atoms with van der Waals surface area (Å²) >= 11 is 0. The second kappa shape index (κ2) is 7.97. The molecule has 0 radical (unpaired) electrons. The van der Waals surface area contributed by atoms with Gasteiger partial charge >= 0.3 is 0 Å². The summed E-state index contributed by atoms with van der Waals surface area (Å²) in [5.41, 5.74) is 1.99. The number of amides is 1. The van der Waals surface area contributed by atoms with Crippen molar-refractivity contribution in [3.8, 4) is 23.1 Å². The number of hydrogen-bond acceptors (Lipinski definition) is 5. The van der Waals surface area contributed by atoms with Gasteiger partial charge in [0.2, 0.25) is 5.91 Å². The summed E-state index contributed by atoms with van der Waals surface area (Å²) in [4.78, 5) is 24.3. The van der Waals surface area contributed by atoms with Crippen LogP contribution >= 0.6 is 0 Å². The zero-order chi connectivity index (χ0) is 19.2. The largest absolute Gasteiger partial charge is 0.497 e. The third-order valence-electron chi connectivity index (χ3n) is 3.82. The highest BCUT2D eigenvalue weighted by Gasteiger charge is 2.09. The van der Waals surface area contributed by atoms with Crippen LogP contribution in [0.25, 0.3) is 11.3 Å². The molecule has 1 aromatic heterocycles. The lowest BCUT2D eigenvalue weighted by Gasteiger charge is -2.09. The molecule has 3 aromatic rings. The van der Waals surface area contributed by atoms with Crippen LogP contribution in [-0.4, -0.2) is 22.8 Å². The molecule has 7 nitrogen and oxygen atoms in total. The molecule has 0 aliphatic rings. The normalized spacial score (nSPS) is 10.1. The Morgan fingerprint density at radius 3 is 2.67 bits per heavy atom. The van der Waals surface area contributed by atoms with Gasteiger partial charge in [-0.3, -0.25) is 9.59 Å². The van der Waals surface area contributed by atoms with Crippen molar-refractivity contribution in [2.75, 3.05) is 12.4 Å². The van der Waals surface area contributed by atoms with E-state index in [4.69, 9.17) is 10.00 Å². The van der Waals surface area contributed by atoms with Gasteiger partial charge in [0.05, 0.1) is 24.4 Å². The highest BCUT2D eigenvalue weighted by Crippen LogP contribution is 2.21. The van der Waals surface area contributed by atoms with Gasteiger partial charge in [0.25, 0.3) is 5.56 Å². The van der Waals surface area contributed by atoms with Crippen LogP contribution in [0.5, 0.6) is 5.75 Å². The van der Waals surface area contributed by atoms with Crippen molar-refractivity contribution in [1.82, 2.24) is 9.78 Å². The van der Waals surface area contributed by atoms with E-state index in [-0.39, 0.29) is 12.1 Å². The lowest BCUT2D eigenvalue weighted by Crippen LogP contribution is -2.29. The van der Waals surface area contributed by atoms with E-state index in [1.807, 2.05) is 24.3 Å². The Balaban J connectivity index is 1.78. The van der Waals surface area contributed by atoms with Crippen LogP contribution in [0.3, 0.4) is 0 Å². The summed E-state index contributed by atoms with van der Waals surface area (Å²) in [6, 6.07) is 18.7.